The highest BCUT2D eigenvalue weighted by atomic mass is 16.4. The molecule has 1 aliphatic carbocycles. The Labute approximate surface area is 92.6 Å². The highest BCUT2D eigenvalue weighted by Crippen LogP contribution is 2.35. The number of rotatable bonds is 2. The maximum atomic E-state index is 12.1. The highest BCUT2D eigenvalue weighted by Gasteiger charge is 2.54. The van der Waals surface area contributed by atoms with Crippen LogP contribution in [0.15, 0.2) is 0 Å². The standard InChI is InChI=1S/C10H14N2O4/c1-6(7(13)14)12-8(15)10(11-9(12)16)4-2-3-5-10/h6H,2-5H2,1H3,(H,11,16)(H,13,14). The number of nitrogens with zero attached hydrogens (tertiary/aromatic N) is 1. The molecule has 1 unspecified atom stereocenters. The van der Waals surface area contributed by atoms with Gasteiger partial charge in [0.15, 0.2) is 0 Å². The summed E-state index contributed by atoms with van der Waals surface area (Å²) in [5, 5.41) is 11.5. The lowest BCUT2D eigenvalue weighted by molar-refractivity contribution is -0.147. The zero-order chi connectivity index (χ0) is 11.9. The zero-order valence-corrected chi connectivity index (χ0v) is 9.02. The van der Waals surface area contributed by atoms with Crippen molar-refractivity contribution in [1.82, 2.24) is 10.2 Å². The van der Waals surface area contributed by atoms with E-state index in [-0.39, 0.29) is 5.91 Å². The van der Waals surface area contributed by atoms with Crippen LogP contribution >= 0.6 is 0 Å². The maximum absolute atomic E-state index is 12.1. The Morgan fingerprint density at radius 2 is 2.00 bits per heavy atom. The molecule has 0 bridgehead atoms. The number of hydrogen-bond donors (Lipinski definition) is 2. The summed E-state index contributed by atoms with van der Waals surface area (Å²) in [4.78, 5) is 35.3. The van der Waals surface area contributed by atoms with Crippen molar-refractivity contribution < 1.29 is 19.5 Å². The number of carbonyl (C=O) groups excluding carboxylic acids is 2. The second-order valence-corrected chi connectivity index (χ2v) is 4.41. The largest absolute Gasteiger partial charge is 0.480 e. The number of aliphatic carboxylic acids is 1. The summed E-state index contributed by atoms with van der Waals surface area (Å²) >= 11 is 0. The fourth-order valence-electron chi connectivity index (χ4n) is 2.42. The zero-order valence-electron chi connectivity index (χ0n) is 9.02. The number of carboxylic acids is 1. The minimum Gasteiger partial charge on any atom is -0.480 e. The number of carboxylic acid groups (broad SMARTS) is 1. The summed E-state index contributed by atoms with van der Waals surface area (Å²) in [5.41, 5.74) is -0.819. The van der Waals surface area contributed by atoms with E-state index in [9.17, 15) is 14.4 Å². The molecule has 1 atom stereocenters. The molecule has 6 nitrogen and oxygen atoms in total. The predicted molar refractivity (Wildman–Crippen MR) is 53.7 cm³/mol. The van der Waals surface area contributed by atoms with Gasteiger partial charge in [-0.3, -0.25) is 4.79 Å². The van der Waals surface area contributed by atoms with Gasteiger partial charge in [0.05, 0.1) is 0 Å². The number of urea groups is 1. The minimum atomic E-state index is -1.17. The number of carbonyl (C=O) groups is 3. The number of imide groups is 1. The normalized spacial score (nSPS) is 24.9. The van der Waals surface area contributed by atoms with E-state index in [0.29, 0.717) is 12.8 Å². The van der Waals surface area contributed by atoms with Gasteiger partial charge in [-0.25, -0.2) is 14.5 Å². The molecular formula is C10H14N2O4. The van der Waals surface area contributed by atoms with Gasteiger partial charge in [-0.2, -0.15) is 0 Å². The van der Waals surface area contributed by atoms with Gasteiger partial charge in [0.2, 0.25) is 0 Å². The van der Waals surface area contributed by atoms with Crippen LogP contribution in [0.5, 0.6) is 0 Å². The topological polar surface area (TPSA) is 86.7 Å². The molecule has 0 aromatic rings. The van der Waals surface area contributed by atoms with Crippen molar-refractivity contribution in [3.63, 3.8) is 0 Å². The number of hydrogen-bond acceptors (Lipinski definition) is 3. The lowest BCUT2D eigenvalue weighted by Gasteiger charge is -2.21. The molecule has 1 aliphatic heterocycles. The lowest BCUT2D eigenvalue weighted by atomic mass is 9.98. The molecule has 1 heterocycles. The maximum Gasteiger partial charge on any atom is 0.326 e. The Kier molecular flexibility index (Phi) is 2.36. The lowest BCUT2D eigenvalue weighted by Crippen LogP contribution is -2.46. The van der Waals surface area contributed by atoms with Crippen LogP contribution in [0.1, 0.15) is 32.6 Å². The van der Waals surface area contributed by atoms with Gasteiger partial charge < -0.3 is 10.4 Å². The third-order valence-electron chi connectivity index (χ3n) is 3.39. The molecule has 88 valence electrons. The van der Waals surface area contributed by atoms with Crippen molar-refractivity contribution in [2.45, 2.75) is 44.2 Å². The third-order valence-corrected chi connectivity index (χ3v) is 3.39. The summed E-state index contributed by atoms with van der Waals surface area (Å²) in [7, 11) is 0. The van der Waals surface area contributed by atoms with E-state index < -0.39 is 23.6 Å². The first-order valence-electron chi connectivity index (χ1n) is 5.36. The van der Waals surface area contributed by atoms with Crippen molar-refractivity contribution in [1.29, 1.82) is 0 Å². The Morgan fingerprint density at radius 3 is 2.50 bits per heavy atom. The summed E-state index contributed by atoms with van der Waals surface area (Å²) in [6, 6.07) is -1.69. The summed E-state index contributed by atoms with van der Waals surface area (Å²) < 4.78 is 0. The van der Waals surface area contributed by atoms with E-state index in [2.05, 4.69) is 5.32 Å². The number of amides is 3. The Bertz CT molecular complexity index is 360. The first kappa shape index (κ1) is 10.9. The van der Waals surface area contributed by atoms with Gasteiger partial charge >= 0.3 is 12.0 Å². The van der Waals surface area contributed by atoms with Gasteiger partial charge in [0.1, 0.15) is 11.6 Å². The molecule has 0 radical (unpaired) electrons. The van der Waals surface area contributed by atoms with Gasteiger partial charge in [-0.15, -0.1) is 0 Å². The quantitative estimate of drug-likeness (QED) is 0.664. The SMILES string of the molecule is CC(C(=O)O)N1C(=O)NC2(CCCC2)C1=O. The average molecular weight is 226 g/mol. The van der Waals surface area contributed by atoms with E-state index in [1.54, 1.807) is 0 Å². The Hall–Kier alpha value is -1.59. The van der Waals surface area contributed by atoms with E-state index in [0.717, 1.165) is 17.7 Å². The summed E-state index contributed by atoms with van der Waals surface area (Å²) in [6.07, 6.45) is 3.00. The molecular weight excluding hydrogens is 212 g/mol. The molecule has 0 aromatic heterocycles. The summed E-state index contributed by atoms with van der Waals surface area (Å²) in [5.74, 6) is -1.55. The van der Waals surface area contributed by atoms with Crippen LogP contribution in [0, 0.1) is 0 Å². The van der Waals surface area contributed by atoms with Crippen LogP contribution in [0.4, 0.5) is 4.79 Å². The monoisotopic (exact) mass is 226 g/mol. The molecule has 0 aromatic carbocycles. The molecule has 1 saturated heterocycles. The highest BCUT2D eigenvalue weighted by molar-refractivity contribution is 6.09. The molecule has 1 spiro atoms. The first-order chi connectivity index (χ1) is 7.48. The molecule has 2 aliphatic rings. The van der Waals surface area contributed by atoms with Crippen LogP contribution in [0.3, 0.4) is 0 Å². The van der Waals surface area contributed by atoms with Crippen molar-refractivity contribution in [3.05, 3.63) is 0 Å². The average Bonchev–Trinajstić information content (AvgIpc) is 2.75. The Balaban J connectivity index is 2.26. The second kappa shape index (κ2) is 3.47. The van der Waals surface area contributed by atoms with Crippen LogP contribution in [-0.4, -0.2) is 39.5 Å². The van der Waals surface area contributed by atoms with E-state index in [1.807, 2.05) is 0 Å². The number of nitrogens with one attached hydrogen (secondary N) is 1. The van der Waals surface area contributed by atoms with Crippen molar-refractivity contribution in [3.8, 4) is 0 Å². The van der Waals surface area contributed by atoms with Crippen LogP contribution < -0.4 is 5.32 Å². The fourth-order valence-corrected chi connectivity index (χ4v) is 2.42. The minimum absolute atomic E-state index is 0.384. The van der Waals surface area contributed by atoms with E-state index in [4.69, 9.17) is 5.11 Å². The van der Waals surface area contributed by atoms with Gasteiger partial charge in [0.25, 0.3) is 5.91 Å². The summed E-state index contributed by atoms with van der Waals surface area (Å²) in [6.45, 7) is 1.34. The van der Waals surface area contributed by atoms with Crippen LogP contribution in [-0.2, 0) is 9.59 Å². The molecule has 3 amide bonds. The van der Waals surface area contributed by atoms with Gasteiger partial charge in [-0.05, 0) is 19.8 Å². The molecule has 2 fully saturated rings. The van der Waals surface area contributed by atoms with Crippen LogP contribution in [0.25, 0.3) is 0 Å². The molecule has 2 N–H and O–H groups in total. The smallest absolute Gasteiger partial charge is 0.326 e. The predicted octanol–water partition coefficient (Wildman–Crippen LogP) is 0.324. The fraction of sp³-hybridized carbons (Fsp3) is 0.700. The molecule has 1 saturated carbocycles. The first-order valence-corrected chi connectivity index (χ1v) is 5.36. The van der Waals surface area contributed by atoms with Crippen molar-refractivity contribution in [2.75, 3.05) is 0 Å². The third kappa shape index (κ3) is 1.36. The van der Waals surface area contributed by atoms with E-state index in [1.165, 1.54) is 6.92 Å². The molecule has 2 rings (SSSR count). The van der Waals surface area contributed by atoms with E-state index >= 15 is 0 Å². The molecule has 6 heteroatoms. The Morgan fingerprint density at radius 1 is 1.44 bits per heavy atom. The second-order valence-electron chi connectivity index (χ2n) is 4.41. The van der Waals surface area contributed by atoms with Crippen molar-refractivity contribution in [2.24, 2.45) is 0 Å². The van der Waals surface area contributed by atoms with Crippen LogP contribution in [0.2, 0.25) is 0 Å². The van der Waals surface area contributed by atoms with Crippen molar-refractivity contribution >= 4 is 17.9 Å². The van der Waals surface area contributed by atoms with Gasteiger partial charge in [0, 0.05) is 0 Å². The van der Waals surface area contributed by atoms with Gasteiger partial charge in [-0.1, -0.05) is 12.8 Å². The molecule has 16 heavy (non-hydrogen) atoms.